The van der Waals surface area contributed by atoms with Gasteiger partial charge in [0.1, 0.15) is 18.0 Å². The first kappa shape index (κ1) is 22.3. The molecule has 5 atom stereocenters. The summed E-state index contributed by atoms with van der Waals surface area (Å²) < 4.78 is 15.8. The van der Waals surface area contributed by atoms with Gasteiger partial charge in [0.15, 0.2) is 11.9 Å². The van der Waals surface area contributed by atoms with Crippen molar-refractivity contribution in [1.82, 2.24) is 0 Å². The summed E-state index contributed by atoms with van der Waals surface area (Å²) in [7, 11) is 0. The molecular formula is C23H24O8. The first-order chi connectivity index (χ1) is 14.7. The Balaban J connectivity index is 1.56. The molecule has 1 N–H and O–H groups in total. The number of hydrogen-bond donors (Lipinski definition) is 1. The topological polar surface area (TPSA) is 116 Å². The van der Waals surface area contributed by atoms with Crippen molar-refractivity contribution in [3.05, 3.63) is 48.1 Å². The van der Waals surface area contributed by atoms with Crippen LogP contribution in [0.5, 0.6) is 5.75 Å². The molecule has 31 heavy (non-hydrogen) atoms. The third-order valence-electron chi connectivity index (χ3n) is 5.18. The van der Waals surface area contributed by atoms with Gasteiger partial charge in [-0.25, -0.2) is 9.59 Å². The molecule has 0 radical (unpaired) electrons. The zero-order valence-electron chi connectivity index (χ0n) is 17.2. The molecule has 164 valence electrons. The summed E-state index contributed by atoms with van der Waals surface area (Å²) in [5.41, 5.74) is 0.691. The molecule has 3 rings (SSSR count). The van der Waals surface area contributed by atoms with E-state index in [2.05, 4.69) is 0 Å². The number of Topliss-reactive ketones (excluding diaryl/α,β-unsaturated/α-hetero) is 1. The van der Waals surface area contributed by atoms with E-state index in [-0.39, 0.29) is 17.5 Å². The van der Waals surface area contributed by atoms with Crippen molar-refractivity contribution in [2.24, 2.45) is 11.8 Å². The molecule has 8 heteroatoms. The van der Waals surface area contributed by atoms with E-state index < -0.39 is 42.1 Å². The molecule has 0 bridgehead atoms. The normalized spacial score (nSPS) is 24.2. The number of ether oxygens (including phenoxy) is 3. The van der Waals surface area contributed by atoms with E-state index in [1.54, 1.807) is 18.2 Å². The molecule has 8 nitrogen and oxygen atoms in total. The molecule has 1 aliphatic heterocycles. The fourth-order valence-electron chi connectivity index (χ4n) is 3.59. The number of esters is 3. The minimum Gasteiger partial charge on any atom is -0.508 e. The monoisotopic (exact) mass is 428 g/mol. The molecule has 1 aromatic rings. The number of phenols is 1. The van der Waals surface area contributed by atoms with Crippen LogP contribution in [-0.2, 0) is 33.4 Å². The van der Waals surface area contributed by atoms with Gasteiger partial charge in [0.2, 0.25) is 0 Å². The molecule has 1 heterocycles. The van der Waals surface area contributed by atoms with Crippen LogP contribution in [0.25, 0.3) is 6.08 Å². The Morgan fingerprint density at radius 1 is 1.19 bits per heavy atom. The lowest BCUT2D eigenvalue weighted by atomic mass is 10.0. The lowest BCUT2D eigenvalue weighted by Gasteiger charge is -2.27. The molecule has 1 saturated carbocycles. The summed E-state index contributed by atoms with van der Waals surface area (Å²) in [6.07, 6.45) is 4.19. The Morgan fingerprint density at radius 2 is 1.90 bits per heavy atom. The zero-order chi connectivity index (χ0) is 22.5. The van der Waals surface area contributed by atoms with E-state index in [9.17, 15) is 24.3 Å². The zero-order valence-corrected chi connectivity index (χ0v) is 17.2. The van der Waals surface area contributed by atoms with Crippen LogP contribution in [0.3, 0.4) is 0 Å². The number of cyclic esters (lactones) is 1. The number of aromatic hydroxyl groups is 1. The summed E-state index contributed by atoms with van der Waals surface area (Å²) in [6.45, 7) is 2.76. The summed E-state index contributed by atoms with van der Waals surface area (Å²) in [5.74, 6) is -2.61. The lowest BCUT2D eigenvalue weighted by Crippen LogP contribution is -2.38. The van der Waals surface area contributed by atoms with Crippen molar-refractivity contribution in [2.45, 2.75) is 45.0 Å². The Hall–Kier alpha value is -3.42. The number of carbonyl (C=O) groups is 4. The van der Waals surface area contributed by atoms with E-state index in [4.69, 9.17) is 14.2 Å². The van der Waals surface area contributed by atoms with Gasteiger partial charge in [-0.2, -0.15) is 0 Å². The van der Waals surface area contributed by atoms with Crippen LogP contribution in [0.2, 0.25) is 0 Å². The van der Waals surface area contributed by atoms with Crippen molar-refractivity contribution in [2.75, 3.05) is 0 Å². The Labute approximate surface area is 179 Å². The van der Waals surface area contributed by atoms with Gasteiger partial charge in [0.25, 0.3) is 0 Å². The quantitative estimate of drug-likeness (QED) is 0.381. The summed E-state index contributed by atoms with van der Waals surface area (Å²) in [6, 6.07) is 6.24. The van der Waals surface area contributed by atoms with Crippen LogP contribution in [0.4, 0.5) is 0 Å². The SMILES string of the molecule is CC(=O)O[C@@H]([C@H]1C[C@@H]1C(=O)[C@@H](C)OC(=O)/C=C\c1ccc(O)cc1)[C@H]1CC=CC(=O)O1. The molecule has 1 aromatic carbocycles. The van der Waals surface area contributed by atoms with Crippen molar-refractivity contribution in [3.63, 3.8) is 0 Å². The van der Waals surface area contributed by atoms with E-state index in [1.165, 1.54) is 44.2 Å². The van der Waals surface area contributed by atoms with Crippen molar-refractivity contribution in [3.8, 4) is 5.75 Å². The highest BCUT2D eigenvalue weighted by molar-refractivity contribution is 5.93. The lowest BCUT2D eigenvalue weighted by molar-refractivity contribution is -0.167. The second-order valence-corrected chi connectivity index (χ2v) is 7.60. The minimum atomic E-state index is -0.973. The van der Waals surface area contributed by atoms with Gasteiger partial charge in [-0.3, -0.25) is 9.59 Å². The Kier molecular flexibility index (Phi) is 6.89. The number of phenolic OH excluding ortho intramolecular Hbond substituents is 1. The van der Waals surface area contributed by atoms with Gasteiger partial charge in [0.05, 0.1) is 0 Å². The molecule has 0 aromatic heterocycles. The average Bonchev–Trinajstić information content (AvgIpc) is 3.51. The third kappa shape index (κ3) is 6.04. The van der Waals surface area contributed by atoms with E-state index in [0.29, 0.717) is 18.4 Å². The van der Waals surface area contributed by atoms with Crippen molar-refractivity contribution in [1.29, 1.82) is 0 Å². The highest BCUT2D eigenvalue weighted by atomic mass is 16.6. The molecule has 2 aliphatic rings. The van der Waals surface area contributed by atoms with Gasteiger partial charge >= 0.3 is 17.9 Å². The van der Waals surface area contributed by atoms with Gasteiger partial charge in [-0.1, -0.05) is 18.2 Å². The average molecular weight is 428 g/mol. The number of carbonyl (C=O) groups excluding carboxylic acids is 4. The number of ketones is 1. The van der Waals surface area contributed by atoms with Crippen LogP contribution in [0.15, 0.2) is 42.5 Å². The fourth-order valence-corrected chi connectivity index (χ4v) is 3.59. The molecule has 1 fully saturated rings. The van der Waals surface area contributed by atoms with E-state index in [1.807, 2.05) is 0 Å². The van der Waals surface area contributed by atoms with Crippen molar-refractivity contribution < 1.29 is 38.5 Å². The van der Waals surface area contributed by atoms with Gasteiger partial charge in [0, 0.05) is 37.3 Å². The highest BCUT2D eigenvalue weighted by Gasteiger charge is 2.53. The van der Waals surface area contributed by atoms with Gasteiger partial charge in [-0.05, 0) is 37.1 Å². The summed E-state index contributed by atoms with van der Waals surface area (Å²) in [4.78, 5) is 47.8. The maximum atomic E-state index is 12.7. The van der Waals surface area contributed by atoms with Crippen LogP contribution in [0, 0.1) is 11.8 Å². The van der Waals surface area contributed by atoms with Gasteiger partial charge < -0.3 is 19.3 Å². The number of rotatable bonds is 8. The fraction of sp³-hybridized carbons (Fsp3) is 0.391. The van der Waals surface area contributed by atoms with Crippen LogP contribution < -0.4 is 0 Å². The van der Waals surface area contributed by atoms with E-state index >= 15 is 0 Å². The summed E-state index contributed by atoms with van der Waals surface area (Å²) in [5, 5.41) is 9.27. The Bertz CT molecular complexity index is 914. The second kappa shape index (κ2) is 9.59. The van der Waals surface area contributed by atoms with Gasteiger partial charge in [-0.15, -0.1) is 0 Å². The van der Waals surface area contributed by atoms with Crippen molar-refractivity contribution >= 4 is 29.8 Å². The van der Waals surface area contributed by atoms with E-state index in [0.717, 1.165) is 0 Å². The van der Waals surface area contributed by atoms with Crippen LogP contribution in [0.1, 0.15) is 32.3 Å². The maximum Gasteiger partial charge on any atom is 0.331 e. The molecular weight excluding hydrogens is 404 g/mol. The predicted octanol–water partition coefficient (Wildman–Crippen LogP) is 2.35. The molecule has 0 unspecified atom stereocenters. The first-order valence-electron chi connectivity index (χ1n) is 10.0. The smallest absolute Gasteiger partial charge is 0.331 e. The van der Waals surface area contributed by atoms with Crippen LogP contribution >= 0.6 is 0 Å². The van der Waals surface area contributed by atoms with Crippen LogP contribution in [-0.4, -0.2) is 47.1 Å². The molecule has 0 amide bonds. The minimum absolute atomic E-state index is 0.115. The standard InChI is InChI=1S/C23H24O8/c1-13(29-21(27)11-8-15-6-9-16(25)10-7-15)22(28)17-12-18(17)23(30-14(2)24)19-4-3-5-20(26)31-19/h3,5-11,13,17-19,23,25H,4,12H2,1-2H3/b11-8-/t13-,17+,18+,19-,23+/m1/s1. The predicted molar refractivity (Wildman–Crippen MR) is 108 cm³/mol. The number of hydrogen-bond acceptors (Lipinski definition) is 8. The highest BCUT2D eigenvalue weighted by Crippen LogP contribution is 2.46. The molecule has 0 spiro atoms. The Morgan fingerprint density at radius 3 is 2.55 bits per heavy atom. The second-order valence-electron chi connectivity index (χ2n) is 7.60. The maximum absolute atomic E-state index is 12.7. The molecule has 1 aliphatic carbocycles. The number of benzene rings is 1. The third-order valence-corrected chi connectivity index (χ3v) is 5.18. The summed E-state index contributed by atoms with van der Waals surface area (Å²) >= 11 is 0. The first-order valence-corrected chi connectivity index (χ1v) is 10.0. The molecule has 0 saturated heterocycles. The largest absolute Gasteiger partial charge is 0.508 e.